The summed E-state index contributed by atoms with van der Waals surface area (Å²) in [5.41, 5.74) is 0. The van der Waals surface area contributed by atoms with Gasteiger partial charge >= 0.3 is 0 Å². The summed E-state index contributed by atoms with van der Waals surface area (Å²) >= 11 is 0. The molecule has 5 heteroatoms. The van der Waals surface area contributed by atoms with Crippen LogP contribution in [-0.4, -0.2) is 26.8 Å². The summed E-state index contributed by atoms with van der Waals surface area (Å²) in [7, 11) is -0.458. The number of aryl methyl sites for hydroxylation is 1. The summed E-state index contributed by atoms with van der Waals surface area (Å²) < 4.78 is 28.9. The minimum Gasteiger partial charge on any atom is -0.449 e. The molecule has 0 aliphatic carbocycles. The predicted octanol–water partition coefficient (Wildman–Crippen LogP) is 0.838. The van der Waals surface area contributed by atoms with E-state index < -0.39 is 10.0 Å². The third-order valence-corrected chi connectivity index (χ3v) is 3.14. The van der Waals surface area contributed by atoms with Gasteiger partial charge in [-0.25, -0.2) is 12.7 Å². The van der Waals surface area contributed by atoms with E-state index in [0.717, 1.165) is 4.31 Å². The largest absolute Gasteiger partial charge is 0.449 e. The Morgan fingerprint density at radius 1 is 1.33 bits per heavy atom. The van der Waals surface area contributed by atoms with Crippen LogP contribution in [0.4, 0.5) is 0 Å². The second-order valence-corrected chi connectivity index (χ2v) is 4.74. The molecule has 0 unspecified atom stereocenters. The highest BCUT2D eigenvalue weighted by Crippen LogP contribution is 2.15. The minimum absolute atomic E-state index is 0.00926. The van der Waals surface area contributed by atoms with Crippen LogP contribution < -0.4 is 0 Å². The van der Waals surface area contributed by atoms with Crippen molar-refractivity contribution in [1.82, 2.24) is 4.31 Å². The van der Waals surface area contributed by atoms with Crippen molar-refractivity contribution < 1.29 is 12.8 Å². The maximum absolute atomic E-state index is 11.4. The van der Waals surface area contributed by atoms with Gasteiger partial charge in [0.2, 0.25) is 5.09 Å². The number of furan rings is 1. The monoisotopic (exact) mass is 189 g/mol. The van der Waals surface area contributed by atoms with Gasteiger partial charge in [0.25, 0.3) is 10.0 Å². The Kier molecular flexibility index (Phi) is 2.25. The molecule has 0 spiro atoms. The van der Waals surface area contributed by atoms with Crippen LogP contribution in [0.5, 0.6) is 0 Å². The van der Waals surface area contributed by atoms with Crippen LogP contribution in [0, 0.1) is 6.92 Å². The molecule has 0 fully saturated rings. The molecule has 1 heterocycles. The van der Waals surface area contributed by atoms with Crippen molar-refractivity contribution in [1.29, 1.82) is 0 Å². The van der Waals surface area contributed by atoms with Gasteiger partial charge < -0.3 is 4.42 Å². The lowest BCUT2D eigenvalue weighted by atomic mass is 10.5. The molecule has 0 saturated carbocycles. The lowest BCUT2D eigenvalue weighted by molar-refractivity contribution is 0.410. The molecule has 0 aliphatic rings. The van der Waals surface area contributed by atoms with Crippen LogP contribution in [0.25, 0.3) is 0 Å². The fourth-order valence-electron chi connectivity index (χ4n) is 0.731. The van der Waals surface area contributed by atoms with Crippen molar-refractivity contribution in [2.75, 3.05) is 14.1 Å². The van der Waals surface area contributed by atoms with E-state index in [2.05, 4.69) is 0 Å². The molecule has 68 valence electrons. The maximum Gasteiger partial charge on any atom is 0.275 e. The Balaban J connectivity index is 3.15. The average molecular weight is 189 g/mol. The second kappa shape index (κ2) is 2.91. The summed E-state index contributed by atoms with van der Waals surface area (Å²) in [6, 6.07) is 3.07. The van der Waals surface area contributed by atoms with Crippen molar-refractivity contribution in [3.63, 3.8) is 0 Å². The molecule has 0 aliphatic heterocycles. The Morgan fingerprint density at radius 3 is 2.25 bits per heavy atom. The first-order valence-corrected chi connectivity index (χ1v) is 4.87. The van der Waals surface area contributed by atoms with Gasteiger partial charge in [0, 0.05) is 14.1 Å². The zero-order valence-corrected chi connectivity index (χ0v) is 8.05. The first-order valence-electron chi connectivity index (χ1n) is 3.43. The van der Waals surface area contributed by atoms with E-state index in [1.807, 2.05) is 0 Å². The molecule has 0 radical (unpaired) electrons. The van der Waals surface area contributed by atoms with Gasteiger partial charge in [-0.1, -0.05) is 0 Å². The van der Waals surface area contributed by atoms with E-state index >= 15 is 0 Å². The molecule has 1 aromatic heterocycles. The lowest BCUT2D eigenvalue weighted by Gasteiger charge is -2.07. The van der Waals surface area contributed by atoms with Crippen LogP contribution in [0.1, 0.15) is 5.76 Å². The molecule has 0 aromatic carbocycles. The zero-order valence-electron chi connectivity index (χ0n) is 7.23. The van der Waals surface area contributed by atoms with Crippen molar-refractivity contribution in [2.24, 2.45) is 0 Å². The van der Waals surface area contributed by atoms with E-state index in [0.29, 0.717) is 5.76 Å². The van der Waals surface area contributed by atoms with E-state index in [4.69, 9.17) is 4.42 Å². The van der Waals surface area contributed by atoms with E-state index in [1.165, 1.54) is 20.2 Å². The Morgan fingerprint density at radius 2 is 1.92 bits per heavy atom. The number of hydrogen-bond acceptors (Lipinski definition) is 3. The minimum atomic E-state index is -3.39. The smallest absolute Gasteiger partial charge is 0.275 e. The van der Waals surface area contributed by atoms with Crippen LogP contribution in [-0.2, 0) is 10.0 Å². The SMILES string of the molecule is Cc1ccc(S(=O)(=O)N(C)C)o1. The molecule has 0 N–H and O–H groups in total. The van der Waals surface area contributed by atoms with Crippen LogP contribution in [0.2, 0.25) is 0 Å². The van der Waals surface area contributed by atoms with E-state index in [1.54, 1.807) is 13.0 Å². The van der Waals surface area contributed by atoms with Gasteiger partial charge in [-0.15, -0.1) is 0 Å². The predicted molar refractivity (Wildman–Crippen MR) is 44.3 cm³/mol. The number of nitrogens with zero attached hydrogens (tertiary/aromatic N) is 1. The summed E-state index contributed by atoms with van der Waals surface area (Å²) in [6.07, 6.45) is 0. The van der Waals surface area contributed by atoms with Crippen LogP contribution in [0.15, 0.2) is 21.6 Å². The van der Waals surface area contributed by atoms with Gasteiger partial charge in [0.05, 0.1) is 0 Å². The highest BCUT2D eigenvalue weighted by Gasteiger charge is 2.20. The standard InChI is InChI=1S/C7H11NO3S/c1-6-4-5-7(11-6)12(9,10)8(2)3/h4-5H,1-3H3. The Hall–Kier alpha value is -0.810. The van der Waals surface area contributed by atoms with Crippen molar-refractivity contribution >= 4 is 10.0 Å². The molecule has 1 rings (SSSR count). The fraction of sp³-hybridized carbons (Fsp3) is 0.429. The molecule has 0 bridgehead atoms. The van der Waals surface area contributed by atoms with E-state index in [9.17, 15) is 8.42 Å². The molecule has 4 nitrogen and oxygen atoms in total. The first kappa shape index (κ1) is 9.28. The first-order chi connectivity index (χ1) is 5.44. The zero-order chi connectivity index (χ0) is 9.35. The highest BCUT2D eigenvalue weighted by atomic mass is 32.2. The normalized spacial score (nSPS) is 12.3. The molecule has 12 heavy (non-hydrogen) atoms. The van der Waals surface area contributed by atoms with Gasteiger partial charge in [0.15, 0.2) is 0 Å². The van der Waals surface area contributed by atoms with Crippen molar-refractivity contribution in [3.05, 3.63) is 17.9 Å². The maximum atomic E-state index is 11.4. The van der Waals surface area contributed by atoms with Gasteiger partial charge in [0.1, 0.15) is 5.76 Å². The lowest BCUT2D eigenvalue weighted by Crippen LogP contribution is -2.21. The highest BCUT2D eigenvalue weighted by molar-refractivity contribution is 7.88. The molecule has 0 saturated heterocycles. The molecular formula is C7H11NO3S. The quantitative estimate of drug-likeness (QED) is 0.692. The third kappa shape index (κ3) is 1.51. The van der Waals surface area contributed by atoms with Gasteiger partial charge in [-0.3, -0.25) is 0 Å². The van der Waals surface area contributed by atoms with Crippen LogP contribution in [0.3, 0.4) is 0 Å². The molecule has 1 aromatic rings. The summed E-state index contributed by atoms with van der Waals surface area (Å²) in [4.78, 5) is 0. The van der Waals surface area contributed by atoms with Crippen molar-refractivity contribution in [2.45, 2.75) is 12.0 Å². The Labute approximate surface area is 71.8 Å². The fourth-order valence-corrected chi connectivity index (χ4v) is 1.57. The molecule has 0 amide bonds. The van der Waals surface area contributed by atoms with Crippen LogP contribution >= 0.6 is 0 Å². The van der Waals surface area contributed by atoms with E-state index in [-0.39, 0.29) is 5.09 Å². The van der Waals surface area contributed by atoms with Gasteiger partial charge in [-0.05, 0) is 19.1 Å². The topological polar surface area (TPSA) is 50.5 Å². The number of sulfonamides is 1. The molecular weight excluding hydrogens is 178 g/mol. The van der Waals surface area contributed by atoms with Gasteiger partial charge in [-0.2, -0.15) is 0 Å². The Bertz CT molecular complexity index is 364. The summed E-state index contributed by atoms with van der Waals surface area (Å²) in [6.45, 7) is 1.70. The third-order valence-electron chi connectivity index (χ3n) is 1.45. The number of rotatable bonds is 2. The number of hydrogen-bond donors (Lipinski definition) is 0. The van der Waals surface area contributed by atoms with Crippen molar-refractivity contribution in [3.8, 4) is 0 Å². The average Bonchev–Trinajstić information content (AvgIpc) is 2.35. The molecule has 0 atom stereocenters. The summed E-state index contributed by atoms with van der Waals surface area (Å²) in [5.74, 6) is 0.593. The summed E-state index contributed by atoms with van der Waals surface area (Å²) in [5, 5.41) is -0.00926. The second-order valence-electron chi connectivity index (χ2n) is 2.65.